The molecule has 2 N–H and O–H groups in total. The number of amides is 1. The van der Waals surface area contributed by atoms with E-state index in [-0.39, 0.29) is 17.7 Å². The van der Waals surface area contributed by atoms with Gasteiger partial charge in [0.25, 0.3) is 0 Å². The predicted molar refractivity (Wildman–Crippen MR) is 74.4 cm³/mol. The Morgan fingerprint density at radius 3 is 2.53 bits per heavy atom. The lowest BCUT2D eigenvalue weighted by molar-refractivity contribution is -0.132. The first kappa shape index (κ1) is 14.8. The number of nitrogens with zero attached hydrogens (tertiary/aromatic N) is 1. The first-order chi connectivity index (χ1) is 8.86. The Morgan fingerprint density at radius 2 is 1.95 bits per heavy atom. The quantitative estimate of drug-likeness (QED) is 0.810. The fourth-order valence-electron chi connectivity index (χ4n) is 3.25. The summed E-state index contributed by atoms with van der Waals surface area (Å²) in [6.07, 6.45) is 4.72. The zero-order valence-electron chi connectivity index (χ0n) is 11.6. The first-order valence-electron chi connectivity index (χ1n) is 7.12. The van der Waals surface area contributed by atoms with Crippen molar-refractivity contribution in [1.82, 2.24) is 4.90 Å². The molecule has 6 heteroatoms. The molecule has 1 aliphatic carbocycles. The highest BCUT2D eigenvalue weighted by Crippen LogP contribution is 2.38. The third kappa shape index (κ3) is 2.94. The Balaban J connectivity index is 2.14. The van der Waals surface area contributed by atoms with Gasteiger partial charge >= 0.3 is 0 Å². The highest BCUT2D eigenvalue weighted by Gasteiger charge is 2.48. The Labute approximate surface area is 115 Å². The normalized spacial score (nSPS) is 27.2. The van der Waals surface area contributed by atoms with Crippen molar-refractivity contribution in [2.45, 2.75) is 56.2 Å². The molecule has 0 aromatic rings. The summed E-state index contributed by atoms with van der Waals surface area (Å²) >= 11 is 0. The predicted octanol–water partition coefficient (Wildman–Crippen LogP) is 0.684. The maximum Gasteiger partial charge on any atom is 0.224 e. The summed E-state index contributed by atoms with van der Waals surface area (Å²) in [5.74, 6) is 0.104. The molecular formula is C13H24N2O3S. The molecule has 0 bridgehead atoms. The van der Waals surface area contributed by atoms with E-state index in [2.05, 4.69) is 0 Å². The second kappa shape index (κ2) is 5.40. The van der Waals surface area contributed by atoms with Gasteiger partial charge in [-0.25, -0.2) is 8.42 Å². The van der Waals surface area contributed by atoms with E-state index in [1.807, 2.05) is 0 Å². The zero-order chi connectivity index (χ0) is 14.1. The van der Waals surface area contributed by atoms with Gasteiger partial charge in [0.15, 0.2) is 9.84 Å². The van der Waals surface area contributed by atoms with Gasteiger partial charge in [0.05, 0.1) is 10.5 Å². The fourth-order valence-corrected chi connectivity index (χ4v) is 5.41. The molecule has 1 saturated heterocycles. The van der Waals surface area contributed by atoms with Crippen molar-refractivity contribution < 1.29 is 13.2 Å². The molecule has 1 amide bonds. The molecule has 0 aromatic heterocycles. The first-order valence-corrected chi connectivity index (χ1v) is 8.77. The average Bonchev–Trinajstić information content (AvgIpc) is 2.33. The van der Waals surface area contributed by atoms with Crippen molar-refractivity contribution >= 4 is 15.7 Å². The van der Waals surface area contributed by atoms with Crippen LogP contribution >= 0.6 is 0 Å². The van der Waals surface area contributed by atoms with Crippen LogP contribution in [0.25, 0.3) is 0 Å². The lowest BCUT2D eigenvalue weighted by Crippen LogP contribution is -2.58. The Kier molecular flexibility index (Phi) is 4.20. The van der Waals surface area contributed by atoms with Crippen LogP contribution in [-0.2, 0) is 14.6 Å². The minimum Gasteiger partial charge on any atom is -0.340 e. The average molecular weight is 288 g/mol. The van der Waals surface area contributed by atoms with Crippen molar-refractivity contribution in [3.8, 4) is 0 Å². The fraction of sp³-hybridized carbons (Fsp3) is 0.923. The number of hydrogen-bond acceptors (Lipinski definition) is 4. The molecule has 0 aromatic carbocycles. The molecule has 1 heterocycles. The maximum absolute atomic E-state index is 12.4. The third-order valence-electron chi connectivity index (χ3n) is 4.38. The van der Waals surface area contributed by atoms with Crippen LogP contribution in [-0.4, -0.2) is 48.9 Å². The van der Waals surface area contributed by atoms with Crippen LogP contribution in [0, 0.1) is 0 Å². The van der Waals surface area contributed by atoms with E-state index in [0.717, 1.165) is 19.3 Å². The Hall–Kier alpha value is -0.620. The van der Waals surface area contributed by atoms with Crippen molar-refractivity contribution in [3.63, 3.8) is 0 Å². The monoisotopic (exact) mass is 288 g/mol. The molecule has 1 aliphatic heterocycles. The minimum absolute atomic E-state index is 0.00477. The second-order valence-electron chi connectivity index (χ2n) is 6.06. The number of carbonyl (C=O) groups excluding carboxylic acids is 1. The zero-order valence-corrected chi connectivity index (χ0v) is 12.4. The van der Waals surface area contributed by atoms with Gasteiger partial charge < -0.3 is 10.6 Å². The molecule has 0 radical (unpaired) electrons. The van der Waals surface area contributed by atoms with Crippen molar-refractivity contribution in [2.75, 3.05) is 18.8 Å². The summed E-state index contributed by atoms with van der Waals surface area (Å²) in [7, 11) is -3.07. The van der Waals surface area contributed by atoms with E-state index in [1.54, 1.807) is 11.8 Å². The molecular weight excluding hydrogens is 264 g/mol. The minimum atomic E-state index is -3.07. The standard InChI is InChI=1S/C13H24N2O3S/c1-11(14)9-12(16)15-7-8-19(17,18)13(10-15)5-3-2-4-6-13/h11H,2-10,14H2,1H3. The van der Waals surface area contributed by atoms with Crippen LogP contribution in [0.5, 0.6) is 0 Å². The molecule has 1 saturated carbocycles. The van der Waals surface area contributed by atoms with Crippen molar-refractivity contribution in [3.05, 3.63) is 0 Å². The topological polar surface area (TPSA) is 80.5 Å². The molecule has 2 aliphatic rings. The Bertz CT molecular complexity index is 439. The molecule has 1 atom stereocenters. The van der Waals surface area contributed by atoms with E-state index in [0.29, 0.717) is 32.4 Å². The van der Waals surface area contributed by atoms with Gasteiger partial charge in [-0.3, -0.25) is 4.79 Å². The molecule has 2 fully saturated rings. The molecule has 1 spiro atoms. The van der Waals surface area contributed by atoms with Gasteiger partial charge in [-0.2, -0.15) is 0 Å². The highest BCUT2D eigenvalue weighted by atomic mass is 32.2. The molecule has 2 rings (SSSR count). The number of nitrogens with two attached hydrogens (primary N) is 1. The van der Waals surface area contributed by atoms with E-state index < -0.39 is 14.6 Å². The van der Waals surface area contributed by atoms with Crippen LogP contribution in [0.2, 0.25) is 0 Å². The van der Waals surface area contributed by atoms with Gasteiger partial charge in [-0.15, -0.1) is 0 Å². The van der Waals surface area contributed by atoms with Crippen LogP contribution < -0.4 is 5.73 Å². The smallest absolute Gasteiger partial charge is 0.224 e. The number of sulfone groups is 1. The molecule has 1 unspecified atom stereocenters. The summed E-state index contributed by atoms with van der Waals surface area (Å²) in [5.41, 5.74) is 5.66. The van der Waals surface area contributed by atoms with Gasteiger partial charge in [0, 0.05) is 25.6 Å². The lowest BCUT2D eigenvalue weighted by atomic mass is 9.87. The molecule has 110 valence electrons. The van der Waals surface area contributed by atoms with Crippen molar-refractivity contribution in [1.29, 1.82) is 0 Å². The molecule has 19 heavy (non-hydrogen) atoms. The number of carbonyl (C=O) groups is 1. The Morgan fingerprint density at radius 1 is 1.32 bits per heavy atom. The lowest BCUT2D eigenvalue weighted by Gasteiger charge is -2.44. The SMILES string of the molecule is CC(N)CC(=O)N1CCS(=O)(=O)C2(CCCCC2)C1. The van der Waals surface area contributed by atoms with Gasteiger partial charge in [-0.05, 0) is 19.8 Å². The van der Waals surface area contributed by atoms with Gasteiger partial charge in [-0.1, -0.05) is 19.3 Å². The van der Waals surface area contributed by atoms with Gasteiger partial charge in [0.2, 0.25) is 5.91 Å². The number of hydrogen-bond donors (Lipinski definition) is 1. The van der Waals surface area contributed by atoms with Crippen LogP contribution in [0.1, 0.15) is 45.4 Å². The van der Waals surface area contributed by atoms with Crippen LogP contribution in [0.15, 0.2) is 0 Å². The summed E-state index contributed by atoms with van der Waals surface area (Å²) in [5, 5.41) is 0. The van der Waals surface area contributed by atoms with Crippen LogP contribution in [0.4, 0.5) is 0 Å². The highest BCUT2D eigenvalue weighted by molar-refractivity contribution is 7.92. The van der Waals surface area contributed by atoms with E-state index in [9.17, 15) is 13.2 Å². The largest absolute Gasteiger partial charge is 0.340 e. The number of rotatable bonds is 2. The van der Waals surface area contributed by atoms with E-state index in [1.165, 1.54) is 0 Å². The molecule has 5 nitrogen and oxygen atoms in total. The van der Waals surface area contributed by atoms with Crippen LogP contribution in [0.3, 0.4) is 0 Å². The third-order valence-corrected chi connectivity index (χ3v) is 6.96. The summed E-state index contributed by atoms with van der Waals surface area (Å²) < 4.78 is 24.1. The second-order valence-corrected chi connectivity index (χ2v) is 8.56. The summed E-state index contributed by atoms with van der Waals surface area (Å²) in [6.45, 7) is 2.51. The van der Waals surface area contributed by atoms with E-state index >= 15 is 0 Å². The summed E-state index contributed by atoms with van der Waals surface area (Å²) in [6, 6.07) is -0.173. The van der Waals surface area contributed by atoms with Gasteiger partial charge in [0.1, 0.15) is 0 Å². The summed E-state index contributed by atoms with van der Waals surface area (Å²) in [4.78, 5) is 13.8. The van der Waals surface area contributed by atoms with E-state index in [4.69, 9.17) is 5.73 Å². The maximum atomic E-state index is 12.4. The van der Waals surface area contributed by atoms with Crippen molar-refractivity contribution in [2.24, 2.45) is 5.73 Å².